The van der Waals surface area contributed by atoms with E-state index in [9.17, 15) is 0 Å². The second kappa shape index (κ2) is 9.19. The Hall–Kier alpha value is -3.64. The normalized spacial score (nSPS) is 20.9. The Bertz CT molecular complexity index is 1350. The summed E-state index contributed by atoms with van der Waals surface area (Å²) in [6.07, 6.45) is 12.2. The van der Waals surface area contributed by atoms with Gasteiger partial charge in [-0.3, -0.25) is 9.67 Å². The van der Waals surface area contributed by atoms with Gasteiger partial charge >= 0.3 is 0 Å². The molecule has 6 rings (SSSR count). The van der Waals surface area contributed by atoms with E-state index in [0.717, 1.165) is 59.7 Å². The third kappa shape index (κ3) is 4.19. The summed E-state index contributed by atoms with van der Waals surface area (Å²) in [4.78, 5) is 16.7. The molecule has 6 heteroatoms. The lowest BCUT2D eigenvalue weighted by atomic mass is 9.76. The molecule has 35 heavy (non-hydrogen) atoms. The van der Waals surface area contributed by atoms with E-state index in [1.807, 2.05) is 36.9 Å². The molecule has 0 saturated carbocycles. The van der Waals surface area contributed by atoms with Gasteiger partial charge in [0, 0.05) is 53.3 Å². The maximum atomic E-state index is 4.98. The van der Waals surface area contributed by atoms with Gasteiger partial charge in [-0.05, 0) is 56.2 Å². The molecule has 1 saturated heterocycles. The summed E-state index contributed by atoms with van der Waals surface area (Å²) in [5.74, 6) is 1.12. The number of pyridine rings is 2. The molecular weight excluding hydrogens is 432 g/mol. The molecule has 2 unspecified atom stereocenters. The zero-order valence-corrected chi connectivity index (χ0v) is 20.2. The van der Waals surface area contributed by atoms with Crippen molar-refractivity contribution in [2.24, 2.45) is 10.9 Å². The van der Waals surface area contributed by atoms with Crippen LogP contribution in [0.3, 0.4) is 0 Å². The first kappa shape index (κ1) is 21.9. The SMILES string of the molecule is CC1C(c2ccccc2)=Nc2ncccc2C1c1cncc(-c2cnn(C3CCN(C)CC3)c2)c1. The molecule has 2 aliphatic rings. The van der Waals surface area contributed by atoms with Crippen molar-refractivity contribution < 1.29 is 0 Å². The van der Waals surface area contributed by atoms with Crippen LogP contribution in [-0.4, -0.2) is 50.5 Å². The summed E-state index contributed by atoms with van der Waals surface area (Å²) in [6.45, 7) is 4.50. The molecule has 0 amide bonds. The van der Waals surface area contributed by atoms with E-state index in [1.54, 1.807) is 0 Å². The molecule has 3 aromatic heterocycles. The molecular formula is C29H30N6. The summed E-state index contributed by atoms with van der Waals surface area (Å²) in [7, 11) is 2.19. The first-order valence-electron chi connectivity index (χ1n) is 12.4. The van der Waals surface area contributed by atoms with Crippen molar-refractivity contribution in [3.05, 3.63) is 96.2 Å². The van der Waals surface area contributed by atoms with Crippen LogP contribution in [0.4, 0.5) is 5.82 Å². The second-order valence-corrected chi connectivity index (χ2v) is 9.80. The van der Waals surface area contributed by atoms with Crippen molar-refractivity contribution in [1.29, 1.82) is 0 Å². The van der Waals surface area contributed by atoms with Crippen LogP contribution in [0.25, 0.3) is 11.1 Å². The van der Waals surface area contributed by atoms with Crippen LogP contribution in [0.15, 0.2) is 84.5 Å². The second-order valence-electron chi connectivity index (χ2n) is 9.80. The van der Waals surface area contributed by atoms with Crippen molar-refractivity contribution in [2.75, 3.05) is 20.1 Å². The smallest absolute Gasteiger partial charge is 0.155 e. The van der Waals surface area contributed by atoms with Gasteiger partial charge in [-0.2, -0.15) is 5.10 Å². The van der Waals surface area contributed by atoms with Gasteiger partial charge in [-0.25, -0.2) is 9.98 Å². The predicted molar refractivity (Wildman–Crippen MR) is 139 cm³/mol. The number of hydrogen-bond acceptors (Lipinski definition) is 5. The number of fused-ring (bicyclic) bond motifs is 1. The number of piperidine rings is 1. The number of rotatable bonds is 4. The Morgan fingerprint density at radius 3 is 2.54 bits per heavy atom. The van der Waals surface area contributed by atoms with Gasteiger partial charge in [0.15, 0.2) is 5.82 Å². The van der Waals surface area contributed by atoms with Crippen LogP contribution in [-0.2, 0) is 0 Å². The lowest BCUT2D eigenvalue weighted by Gasteiger charge is -2.31. The molecule has 4 aromatic rings. The van der Waals surface area contributed by atoms with E-state index in [-0.39, 0.29) is 11.8 Å². The monoisotopic (exact) mass is 462 g/mol. The molecule has 2 aliphatic heterocycles. The number of aromatic nitrogens is 4. The van der Waals surface area contributed by atoms with Crippen molar-refractivity contribution in [1.82, 2.24) is 24.6 Å². The molecule has 0 radical (unpaired) electrons. The quantitative estimate of drug-likeness (QED) is 0.401. The van der Waals surface area contributed by atoms with Gasteiger partial charge in [0.2, 0.25) is 0 Å². The average Bonchev–Trinajstić information content (AvgIpc) is 3.40. The summed E-state index contributed by atoms with van der Waals surface area (Å²) in [5, 5.41) is 4.73. The fraction of sp³-hybridized carbons (Fsp3) is 0.310. The molecule has 5 heterocycles. The van der Waals surface area contributed by atoms with Crippen LogP contribution in [0.5, 0.6) is 0 Å². The van der Waals surface area contributed by atoms with Gasteiger partial charge in [-0.15, -0.1) is 0 Å². The van der Waals surface area contributed by atoms with Crippen molar-refractivity contribution in [2.45, 2.75) is 31.7 Å². The Labute approximate surface area is 206 Å². The highest BCUT2D eigenvalue weighted by Crippen LogP contribution is 2.42. The number of nitrogens with zero attached hydrogens (tertiary/aromatic N) is 6. The number of hydrogen-bond donors (Lipinski definition) is 0. The minimum Gasteiger partial charge on any atom is -0.306 e. The molecule has 2 atom stereocenters. The van der Waals surface area contributed by atoms with Crippen molar-refractivity contribution in [3.8, 4) is 11.1 Å². The molecule has 1 fully saturated rings. The molecule has 0 N–H and O–H groups in total. The van der Waals surface area contributed by atoms with Crippen LogP contribution in [0, 0.1) is 5.92 Å². The lowest BCUT2D eigenvalue weighted by Crippen LogP contribution is -2.31. The highest BCUT2D eigenvalue weighted by atomic mass is 15.3. The van der Waals surface area contributed by atoms with Gasteiger partial charge in [-0.1, -0.05) is 43.3 Å². The molecule has 176 valence electrons. The van der Waals surface area contributed by atoms with Crippen LogP contribution in [0.1, 0.15) is 48.4 Å². The van der Waals surface area contributed by atoms with Gasteiger partial charge in [0.25, 0.3) is 0 Å². The summed E-state index contributed by atoms with van der Waals surface area (Å²) >= 11 is 0. The van der Waals surface area contributed by atoms with Crippen molar-refractivity contribution >= 4 is 11.5 Å². The maximum absolute atomic E-state index is 4.98. The fourth-order valence-electron chi connectivity index (χ4n) is 5.53. The minimum absolute atomic E-state index is 0.128. The minimum atomic E-state index is 0.128. The standard InChI is InChI=1S/C29H30N6/c1-20-27(26-9-6-12-31-29(26)33-28(20)21-7-4-3-5-8-21)23-15-22(16-30-17-23)24-18-32-35(19-24)25-10-13-34(2)14-11-25/h3-9,12,15-20,25,27H,10-11,13-14H2,1-2H3. The summed E-state index contributed by atoms with van der Waals surface area (Å²) in [6, 6.07) is 17.3. The number of benzene rings is 1. The molecule has 0 spiro atoms. The molecule has 1 aromatic carbocycles. The Kier molecular flexibility index (Phi) is 5.74. The first-order valence-corrected chi connectivity index (χ1v) is 12.4. The topological polar surface area (TPSA) is 59.2 Å². The largest absolute Gasteiger partial charge is 0.306 e. The Morgan fingerprint density at radius 1 is 0.886 bits per heavy atom. The van der Waals surface area contributed by atoms with Crippen molar-refractivity contribution in [3.63, 3.8) is 0 Å². The van der Waals surface area contributed by atoms with E-state index < -0.39 is 0 Å². The highest BCUT2D eigenvalue weighted by molar-refractivity contribution is 6.05. The van der Waals surface area contributed by atoms with Crippen LogP contribution >= 0.6 is 0 Å². The molecule has 0 aliphatic carbocycles. The Balaban J connectivity index is 1.35. The van der Waals surface area contributed by atoms with E-state index in [0.29, 0.717) is 6.04 Å². The summed E-state index contributed by atoms with van der Waals surface area (Å²) in [5.41, 5.74) is 6.76. The predicted octanol–water partition coefficient (Wildman–Crippen LogP) is 5.51. The summed E-state index contributed by atoms with van der Waals surface area (Å²) < 4.78 is 2.15. The molecule has 6 nitrogen and oxygen atoms in total. The zero-order chi connectivity index (χ0) is 23.8. The van der Waals surface area contributed by atoms with Crippen LogP contribution < -0.4 is 0 Å². The van der Waals surface area contributed by atoms with Gasteiger partial charge in [0.1, 0.15) is 0 Å². The zero-order valence-electron chi connectivity index (χ0n) is 20.2. The van der Waals surface area contributed by atoms with E-state index in [1.165, 1.54) is 5.56 Å². The first-order chi connectivity index (χ1) is 17.2. The number of likely N-dealkylation sites (tertiary alicyclic amines) is 1. The van der Waals surface area contributed by atoms with Gasteiger partial charge in [0.05, 0.1) is 18.0 Å². The fourth-order valence-corrected chi connectivity index (χ4v) is 5.53. The van der Waals surface area contributed by atoms with Crippen LogP contribution in [0.2, 0.25) is 0 Å². The van der Waals surface area contributed by atoms with E-state index >= 15 is 0 Å². The highest BCUT2D eigenvalue weighted by Gasteiger charge is 2.33. The number of aliphatic imine (C=N–C) groups is 1. The average molecular weight is 463 g/mol. The Morgan fingerprint density at radius 2 is 1.71 bits per heavy atom. The van der Waals surface area contributed by atoms with E-state index in [4.69, 9.17) is 10.1 Å². The lowest BCUT2D eigenvalue weighted by molar-refractivity contribution is 0.212. The third-order valence-corrected chi connectivity index (χ3v) is 7.49. The third-order valence-electron chi connectivity index (χ3n) is 7.49. The van der Waals surface area contributed by atoms with E-state index in [2.05, 4.69) is 76.1 Å². The maximum Gasteiger partial charge on any atom is 0.155 e. The van der Waals surface area contributed by atoms with Gasteiger partial charge < -0.3 is 4.90 Å². The molecule has 0 bridgehead atoms.